The van der Waals surface area contributed by atoms with Crippen LogP contribution in [0, 0.1) is 11.1 Å². The normalized spacial score (nSPS) is 26.1. The number of H-pyrrole nitrogens is 1. The molecule has 1 fully saturated rings. The summed E-state index contributed by atoms with van der Waals surface area (Å²) in [5.74, 6) is -1.03. The lowest BCUT2D eigenvalue weighted by atomic mass is 9.77. The van der Waals surface area contributed by atoms with Crippen molar-refractivity contribution in [3.63, 3.8) is 0 Å². The second kappa shape index (κ2) is 8.92. The molecule has 0 amide bonds. The number of aromatic nitrogens is 1. The zero-order valence-corrected chi connectivity index (χ0v) is 20.3. The Labute approximate surface area is 199 Å². The Hall–Kier alpha value is -3.10. The van der Waals surface area contributed by atoms with Gasteiger partial charge in [0, 0.05) is 29.7 Å². The fourth-order valence-electron chi connectivity index (χ4n) is 5.16. The van der Waals surface area contributed by atoms with Crippen LogP contribution < -0.4 is 0 Å². The molecule has 1 saturated heterocycles. The topological polar surface area (TPSA) is 101 Å². The zero-order chi connectivity index (χ0) is 24.7. The van der Waals surface area contributed by atoms with Gasteiger partial charge in [0.1, 0.15) is 24.4 Å². The lowest BCUT2D eigenvalue weighted by Crippen LogP contribution is -2.55. The van der Waals surface area contributed by atoms with Crippen molar-refractivity contribution in [3.8, 4) is 0 Å². The predicted molar refractivity (Wildman–Crippen MR) is 127 cm³/mol. The van der Waals surface area contributed by atoms with Crippen molar-refractivity contribution < 1.29 is 28.4 Å². The van der Waals surface area contributed by atoms with E-state index >= 15 is 0 Å². The van der Waals surface area contributed by atoms with Crippen molar-refractivity contribution in [2.75, 3.05) is 20.2 Å². The highest BCUT2D eigenvalue weighted by atomic mass is 16.7. The number of aromatic amines is 1. The molecular weight excluding hydrogens is 436 g/mol. The van der Waals surface area contributed by atoms with Crippen LogP contribution in [0.4, 0.5) is 4.79 Å². The number of allylic oxidation sites excluding steroid dienone is 1. The third-order valence-corrected chi connectivity index (χ3v) is 6.68. The summed E-state index contributed by atoms with van der Waals surface area (Å²) in [6.07, 6.45) is 3.18. The Kier molecular flexibility index (Phi) is 6.31. The van der Waals surface area contributed by atoms with Crippen LogP contribution in [0.5, 0.6) is 0 Å². The molecule has 3 atom stereocenters. The highest BCUT2D eigenvalue weighted by Crippen LogP contribution is 2.48. The van der Waals surface area contributed by atoms with E-state index in [0.29, 0.717) is 19.4 Å². The molecule has 182 valence electrons. The Morgan fingerprint density at radius 3 is 2.65 bits per heavy atom. The summed E-state index contributed by atoms with van der Waals surface area (Å²) in [5, 5.41) is 15.1. The number of methoxy groups -OCH3 is 1. The molecule has 1 aromatic carbocycles. The van der Waals surface area contributed by atoms with E-state index in [1.165, 1.54) is 12.7 Å². The van der Waals surface area contributed by atoms with Gasteiger partial charge in [-0.1, -0.05) is 24.3 Å². The number of hydroxylamine groups is 3. The molecule has 3 heterocycles. The lowest BCUT2D eigenvalue weighted by Gasteiger charge is -2.55. The lowest BCUT2D eigenvalue weighted by molar-refractivity contribution is -0.914. The Morgan fingerprint density at radius 1 is 1.24 bits per heavy atom. The average molecular weight is 469 g/mol. The molecule has 2 aromatic rings. The summed E-state index contributed by atoms with van der Waals surface area (Å²) in [6, 6.07) is 7.68. The molecule has 8 heteroatoms. The smallest absolute Gasteiger partial charge is 0.513 e. The molecule has 2 aliphatic heterocycles. The van der Waals surface area contributed by atoms with Crippen LogP contribution in [-0.4, -0.2) is 47.6 Å². The molecule has 0 spiro atoms. The third-order valence-electron chi connectivity index (χ3n) is 6.68. The minimum absolute atomic E-state index is 0.191. The van der Waals surface area contributed by atoms with Crippen molar-refractivity contribution in [1.29, 1.82) is 0 Å². The first-order valence-electron chi connectivity index (χ1n) is 11.6. The summed E-state index contributed by atoms with van der Waals surface area (Å²) in [7, 11) is 1.28. The zero-order valence-electron chi connectivity index (χ0n) is 20.3. The molecule has 2 aliphatic rings. The molecule has 8 nitrogen and oxygen atoms in total. The fraction of sp³-hybridized carbons (Fsp3) is 0.462. The Balaban J connectivity index is 1.71. The van der Waals surface area contributed by atoms with E-state index in [4.69, 9.17) is 14.2 Å². The second-order valence-electron chi connectivity index (χ2n) is 9.96. The third kappa shape index (κ3) is 4.48. The molecule has 0 aliphatic carbocycles. The second-order valence-corrected chi connectivity index (χ2v) is 9.96. The Morgan fingerprint density at radius 2 is 1.97 bits per heavy atom. The molecular formula is C26H32N2O6. The van der Waals surface area contributed by atoms with Gasteiger partial charge in [0.05, 0.1) is 24.9 Å². The van der Waals surface area contributed by atoms with E-state index in [0.717, 1.165) is 28.4 Å². The maximum absolute atomic E-state index is 14.0. The van der Waals surface area contributed by atoms with Crippen LogP contribution in [0.3, 0.4) is 0 Å². The number of benzene rings is 1. The van der Waals surface area contributed by atoms with Crippen LogP contribution >= 0.6 is 0 Å². The van der Waals surface area contributed by atoms with Gasteiger partial charge in [-0.2, -0.15) is 0 Å². The summed E-state index contributed by atoms with van der Waals surface area (Å²) in [5.41, 5.74) is 3.39. The number of fused-ring (bicyclic) bond motifs is 5. The van der Waals surface area contributed by atoms with E-state index in [9.17, 15) is 14.8 Å². The number of nitrogens with one attached hydrogen (secondary N) is 1. The first-order valence-corrected chi connectivity index (χ1v) is 11.6. The predicted octanol–water partition coefficient (Wildman–Crippen LogP) is 5.05. The first-order chi connectivity index (χ1) is 16.1. The minimum atomic E-state index is -0.906. The summed E-state index contributed by atoms with van der Waals surface area (Å²) >= 11 is 0. The number of carbonyl (C=O) groups excluding carboxylic acids is 2. The molecule has 0 radical (unpaired) electrons. The van der Waals surface area contributed by atoms with Gasteiger partial charge in [-0.25, -0.2) is 9.59 Å². The van der Waals surface area contributed by atoms with Gasteiger partial charge in [0.2, 0.25) is 0 Å². The van der Waals surface area contributed by atoms with Crippen LogP contribution in [0.1, 0.15) is 51.4 Å². The summed E-state index contributed by atoms with van der Waals surface area (Å²) < 4.78 is 15.0. The van der Waals surface area contributed by atoms with E-state index in [1.54, 1.807) is 20.8 Å². The fourth-order valence-corrected chi connectivity index (χ4v) is 5.16. The quantitative estimate of drug-likeness (QED) is 0.169. The number of nitrogens with zero attached hydrogens (tertiary/aromatic N) is 1. The van der Waals surface area contributed by atoms with E-state index in [2.05, 4.69) is 11.1 Å². The monoisotopic (exact) mass is 468 g/mol. The van der Waals surface area contributed by atoms with Gasteiger partial charge in [0.25, 0.3) is 0 Å². The average Bonchev–Trinajstić information content (AvgIpc) is 3.16. The molecule has 0 saturated carbocycles. The number of para-hydroxylation sites is 1. The van der Waals surface area contributed by atoms with Gasteiger partial charge in [-0.05, 0) is 44.9 Å². The molecule has 0 unspecified atom stereocenters. The number of esters is 1. The number of rotatable bonds is 3. The van der Waals surface area contributed by atoms with Crippen LogP contribution in [-0.2, 0) is 25.4 Å². The number of quaternary nitrogens is 1. The van der Waals surface area contributed by atoms with Gasteiger partial charge in [0.15, 0.2) is 0 Å². The van der Waals surface area contributed by atoms with Crippen LogP contribution in [0.15, 0.2) is 47.7 Å². The van der Waals surface area contributed by atoms with E-state index < -0.39 is 23.6 Å². The van der Waals surface area contributed by atoms with Gasteiger partial charge in [-0.3, -0.25) is 0 Å². The maximum Gasteiger partial charge on any atom is 0.513 e. The molecule has 1 aromatic heterocycles. The first kappa shape index (κ1) is 24.0. The van der Waals surface area contributed by atoms with Crippen molar-refractivity contribution >= 4 is 23.0 Å². The van der Waals surface area contributed by atoms with E-state index in [-0.39, 0.29) is 22.8 Å². The maximum atomic E-state index is 14.0. The van der Waals surface area contributed by atoms with Crippen LogP contribution in [0.25, 0.3) is 10.9 Å². The number of piperidine rings is 1. The number of hydrogen-bond acceptors (Lipinski definition) is 6. The molecule has 0 bridgehead atoms. The Bertz CT molecular complexity index is 1170. The summed E-state index contributed by atoms with van der Waals surface area (Å²) in [4.78, 5) is 28.4. The highest BCUT2D eigenvalue weighted by Gasteiger charge is 2.47. The minimum Gasteiger partial charge on any atom is -0.632 e. The van der Waals surface area contributed by atoms with Crippen LogP contribution in [0.2, 0.25) is 0 Å². The standard InChI is InChI=1S/C26H32N2O6/c1-6-16-14-28(31)12-11-18-17-9-7-8-10-21(17)27-23(18)22(28)13-19(16)20(24(29)32-5)15-33-25(30)34-26(2,3)4/h6-10,15,19,22,27H,11-14H2,1-5H3/b16-6+,20-15-/t19-,22-,28+/m0/s1. The van der Waals surface area contributed by atoms with Crippen molar-refractivity contribution in [1.82, 2.24) is 4.98 Å². The summed E-state index contributed by atoms with van der Waals surface area (Å²) in [6.45, 7) is 7.76. The molecule has 4 rings (SSSR count). The largest absolute Gasteiger partial charge is 0.632 e. The van der Waals surface area contributed by atoms with Gasteiger partial charge < -0.3 is 29.0 Å². The number of carbonyl (C=O) groups is 2. The van der Waals surface area contributed by atoms with E-state index in [1.807, 2.05) is 31.2 Å². The molecule has 1 N–H and O–H groups in total. The van der Waals surface area contributed by atoms with Crippen molar-refractivity contribution in [2.24, 2.45) is 5.92 Å². The highest BCUT2D eigenvalue weighted by molar-refractivity contribution is 5.90. The number of hydrogen-bond donors (Lipinski definition) is 1. The van der Waals surface area contributed by atoms with Crippen molar-refractivity contribution in [2.45, 2.75) is 52.2 Å². The van der Waals surface area contributed by atoms with Gasteiger partial charge in [-0.15, -0.1) is 0 Å². The van der Waals surface area contributed by atoms with Crippen molar-refractivity contribution in [3.05, 3.63) is 64.2 Å². The number of ether oxygens (including phenoxy) is 3. The SMILES string of the molecule is C/C=C1\C[N@+]2([O-])CCc3c([nH]c4ccccc34)[C@@H]2C[C@@H]1/C(=C/OC(=O)OC(C)(C)C)C(=O)OC. The molecule has 34 heavy (non-hydrogen) atoms. The van der Waals surface area contributed by atoms with Gasteiger partial charge >= 0.3 is 12.1 Å².